The number of nitrogens with zero attached hydrogens (tertiary/aromatic N) is 2. The summed E-state index contributed by atoms with van der Waals surface area (Å²) in [7, 11) is 1.48. The number of carbonyl (C=O) groups is 2. The molecule has 0 spiro atoms. The molecule has 0 bridgehead atoms. The van der Waals surface area contributed by atoms with Crippen LogP contribution in [0.1, 0.15) is 33.6 Å². The number of rotatable bonds is 4. The smallest absolute Gasteiger partial charge is 0.410 e. The third-order valence-corrected chi connectivity index (χ3v) is 3.72. The standard InChI is InChI=1S/C18H26FN3O3/c1-18(2,3)25-17(24)21(4)12-16(23)20-14-9-13(19)10-15(11-14)22-7-5-6-8-22/h9-11H,5-8,12H2,1-4H3,(H,20,23). The fourth-order valence-corrected chi connectivity index (χ4v) is 2.62. The number of ether oxygens (including phenoxy) is 1. The largest absolute Gasteiger partial charge is 0.444 e. The summed E-state index contributed by atoms with van der Waals surface area (Å²) in [6.45, 7) is 6.86. The van der Waals surface area contributed by atoms with Crippen LogP contribution in [-0.2, 0) is 9.53 Å². The van der Waals surface area contributed by atoms with Gasteiger partial charge < -0.3 is 19.9 Å². The Morgan fingerprint density at radius 2 is 1.88 bits per heavy atom. The second kappa shape index (κ2) is 7.72. The Balaban J connectivity index is 1.97. The van der Waals surface area contributed by atoms with Gasteiger partial charge in [-0.3, -0.25) is 4.79 Å². The monoisotopic (exact) mass is 351 g/mol. The summed E-state index contributed by atoms with van der Waals surface area (Å²) in [4.78, 5) is 27.3. The maximum absolute atomic E-state index is 13.8. The van der Waals surface area contributed by atoms with Crippen LogP contribution in [0.5, 0.6) is 0 Å². The molecule has 1 aromatic carbocycles. The lowest BCUT2D eigenvalue weighted by atomic mass is 10.2. The molecule has 1 fully saturated rings. The Kier molecular flexibility index (Phi) is 5.87. The molecule has 2 amide bonds. The fourth-order valence-electron chi connectivity index (χ4n) is 2.62. The van der Waals surface area contributed by atoms with Crippen molar-refractivity contribution in [3.8, 4) is 0 Å². The molecular weight excluding hydrogens is 325 g/mol. The van der Waals surface area contributed by atoms with Crippen LogP contribution in [0.25, 0.3) is 0 Å². The number of hydrogen-bond donors (Lipinski definition) is 1. The second-order valence-electron chi connectivity index (χ2n) is 7.28. The Morgan fingerprint density at radius 3 is 2.48 bits per heavy atom. The summed E-state index contributed by atoms with van der Waals surface area (Å²) in [6.07, 6.45) is 1.58. The van der Waals surface area contributed by atoms with Crippen LogP contribution in [0.3, 0.4) is 0 Å². The van der Waals surface area contributed by atoms with E-state index in [0.29, 0.717) is 5.69 Å². The van der Waals surface area contributed by atoms with Gasteiger partial charge in [0.25, 0.3) is 0 Å². The zero-order valence-electron chi connectivity index (χ0n) is 15.3. The maximum atomic E-state index is 13.8. The van der Waals surface area contributed by atoms with Gasteiger partial charge in [0.15, 0.2) is 0 Å². The van der Waals surface area contributed by atoms with Crippen molar-refractivity contribution >= 4 is 23.4 Å². The van der Waals surface area contributed by atoms with Gasteiger partial charge in [0.2, 0.25) is 5.91 Å². The summed E-state index contributed by atoms with van der Waals surface area (Å²) in [6, 6.07) is 4.48. The first-order chi connectivity index (χ1) is 11.6. The summed E-state index contributed by atoms with van der Waals surface area (Å²) in [5.41, 5.74) is 0.507. The van der Waals surface area contributed by atoms with E-state index in [0.717, 1.165) is 31.6 Å². The van der Waals surface area contributed by atoms with E-state index in [-0.39, 0.29) is 6.54 Å². The minimum absolute atomic E-state index is 0.176. The lowest BCUT2D eigenvalue weighted by Crippen LogP contribution is -2.38. The topological polar surface area (TPSA) is 61.9 Å². The average molecular weight is 351 g/mol. The predicted octanol–water partition coefficient (Wildman–Crippen LogP) is 3.23. The number of anilines is 2. The second-order valence-corrected chi connectivity index (χ2v) is 7.28. The molecule has 0 unspecified atom stereocenters. The van der Waals surface area contributed by atoms with Crippen molar-refractivity contribution < 1.29 is 18.7 Å². The first kappa shape index (κ1) is 19.0. The highest BCUT2D eigenvalue weighted by Gasteiger charge is 2.21. The normalized spacial score (nSPS) is 14.4. The van der Waals surface area contributed by atoms with Crippen molar-refractivity contribution in [2.24, 2.45) is 0 Å². The number of nitrogens with one attached hydrogen (secondary N) is 1. The van der Waals surface area contributed by atoms with Gasteiger partial charge in [-0.2, -0.15) is 0 Å². The molecule has 25 heavy (non-hydrogen) atoms. The fraction of sp³-hybridized carbons (Fsp3) is 0.556. The molecule has 0 saturated carbocycles. The molecule has 6 nitrogen and oxygen atoms in total. The minimum Gasteiger partial charge on any atom is -0.444 e. The van der Waals surface area contributed by atoms with Gasteiger partial charge in [-0.15, -0.1) is 0 Å². The molecule has 2 rings (SSSR count). The molecule has 138 valence electrons. The molecule has 1 aliphatic heterocycles. The van der Waals surface area contributed by atoms with Crippen molar-refractivity contribution in [1.82, 2.24) is 4.90 Å². The van der Waals surface area contributed by atoms with E-state index in [1.165, 1.54) is 24.1 Å². The van der Waals surface area contributed by atoms with Gasteiger partial charge in [0, 0.05) is 31.5 Å². The molecular formula is C18H26FN3O3. The number of halogens is 1. The van der Waals surface area contributed by atoms with Crippen LogP contribution < -0.4 is 10.2 Å². The molecule has 1 heterocycles. The quantitative estimate of drug-likeness (QED) is 0.905. The molecule has 0 aliphatic carbocycles. The molecule has 0 atom stereocenters. The SMILES string of the molecule is CN(CC(=O)Nc1cc(F)cc(N2CCCC2)c1)C(=O)OC(C)(C)C. The first-order valence-electron chi connectivity index (χ1n) is 8.43. The van der Waals surface area contributed by atoms with E-state index >= 15 is 0 Å². The van der Waals surface area contributed by atoms with Crippen molar-refractivity contribution in [2.75, 3.05) is 36.9 Å². The molecule has 0 aromatic heterocycles. The molecule has 1 aromatic rings. The molecule has 1 saturated heterocycles. The van der Waals surface area contributed by atoms with E-state index in [9.17, 15) is 14.0 Å². The highest BCUT2D eigenvalue weighted by Crippen LogP contribution is 2.25. The number of carbonyl (C=O) groups excluding carboxylic acids is 2. The van der Waals surface area contributed by atoms with Gasteiger partial charge in [-0.25, -0.2) is 9.18 Å². The third-order valence-electron chi connectivity index (χ3n) is 3.72. The van der Waals surface area contributed by atoms with E-state index in [4.69, 9.17) is 4.74 Å². The Morgan fingerprint density at radius 1 is 1.24 bits per heavy atom. The van der Waals surface area contributed by atoms with Crippen LogP contribution in [0.2, 0.25) is 0 Å². The maximum Gasteiger partial charge on any atom is 0.410 e. The van der Waals surface area contributed by atoms with E-state index < -0.39 is 23.4 Å². The number of benzene rings is 1. The van der Waals surface area contributed by atoms with Crippen molar-refractivity contribution in [3.63, 3.8) is 0 Å². The predicted molar refractivity (Wildman–Crippen MR) is 95.3 cm³/mol. The first-order valence-corrected chi connectivity index (χ1v) is 8.43. The Hall–Kier alpha value is -2.31. The summed E-state index contributed by atoms with van der Waals surface area (Å²) >= 11 is 0. The van der Waals surface area contributed by atoms with Crippen LogP contribution in [0, 0.1) is 5.82 Å². The van der Waals surface area contributed by atoms with Gasteiger partial charge in [0.1, 0.15) is 18.0 Å². The molecule has 0 radical (unpaired) electrons. The summed E-state index contributed by atoms with van der Waals surface area (Å²) in [5, 5.41) is 2.64. The zero-order valence-corrected chi connectivity index (χ0v) is 15.3. The highest BCUT2D eigenvalue weighted by atomic mass is 19.1. The van der Waals surface area contributed by atoms with Crippen LogP contribution in [-0.4, -0.2) is 49.2 Å². The van der Waals surface area contributed by atoms with Gasteiger partial charge in [0.05, 0.1) is 0 Å². The molecule has 7 heteroatoms. The molecule has 1 aliphatic rings. The Bertz CT molecular complexity index is 637. The number of amides is 2. The van der Waals surface area contributed by atoms with Crippen molar-refractivity contribution in [3.05, 3.63) is 24.0 Å². The lowest BCUT2D eigenvalue weighted by molar-refractivity contribution is -0.117. The van der Waals surface area contributed by atoms with Crippen LogP contribution in [0.4, 0.5) is 20.6 Å². The lowest BCUT2D eigenvalue weighted by Gasteiger charge is -2.24. The highest BCUT2D eigenvalue weighted by molar-refractivity contribution is 5.94. The Labute approximate surface area is 147 Å². The van der Waals surface area contributed by atoms with Crippen LogP contribution >= 0.6 is 0 Å². The number of hydrogen-bond acceptors (Lipinski definition) is 4. The molecule has 1 N–H and O–H groups in total. The number of likely N-dealkylation sites (N-methyl/N-ethyl adjacent to an activating group) is 1. The summed E-state index contributed by atoms with van der Waals surface area (Å²) < 4.78 is 19.0. The van der Waals surface area contributed by atoms with Gasteiger partial charge in [-0.05, 0) is 51.8 Å². The van der Waals surface area contributed by atoms with Crippen molar-refractivity contribution in [1.29, 1.82) is 0 Å². The minimum atomic E-state index is -0.630. The van der Waals surface area contributed by atoms with E-state index in [1.54, 1.807) is 26.8 Å². The zero-order chi connectivity index (χ0) is 18.6. The van der Waals surface area contributed by atoms with Crippen LogP contribution in [0.15, 0.2) is 18.2 Å². The summed E-state index contributed by atoms with van der Waals surface area (Å²) in [5.74, 6) is -0.813. The van der Waals surface area contributed by atoms with Gasteiger partial charge in [-0.1, -0.05) is 0 Å². The van der Waals surface area contributed by atoms with Gasteiger partial charge >= 0.3 is 6.09 Å². The average Bonchev–Trinajstić information content (AvgIpc) is 2.98. The van der Waals surface area contributed by atoms with E-state index in [1.807, 2.05) is 0 Å². The van der Waals surface area contributed by atoms with E-state index in [2.05, 4.69) is 10.2 Å². The van der Waals surface area contributed by atoms with Crippen molar-refractivity contribution in [2.45, 2.75) is 39.2 Å². The third kappa shape index (κ3) is 5.92.